The van der Waals surface area contributed by atoms with Crippen molar-refractivity contribution in [3.63, 3.8) is 0 Å². The maximum Gasteiger partial charge on any atom is 0.123 e. The molecule has 0 spiro atoms. The number of nitrogens with one attached hydrogen (secondary N) is 3. The maximum atomic E-state index is 13.5. The summed E-state index contributed by atoms with van der Waals surface area (Å²) in [4.78, 5) is 0. The second-order valence-electron chi connectivity index (χ2n) is 5.49. The van der Waals surface area contributed by atoms with Gasteiger partial charge in [0.1, 0.15) is 5.82 Å². The van der Waals surface area contributed by atoms with Gasteiger partial charge in [-0.3, -0.25) is 0 Å². The molecule has 0 saturated carbocycles. The molecule has 0 heterocycles. The topological polar surface area (TPSA) is 59.7 Å². The molecule has 3 nitrogen and oxygen atoms in total. The zero-order valence-electron chi connectivity index (χ0n) is 13.6. The van der Waals surface area contributed by atoms with Crippen LogP contribution in [-0.2, 0) is 0 Å². The van der Waals surface area contributed by atoms with Crippen LogP contribution in [0.3, 0.4) is 0 Å². The van der Waals surface area contributed by atoms with Crippen LogP contribution in [0.5, 0.6) is 0 Å². The highest BCUT2D eigenvalue weighted by Gasteiger charge is 2.12. The Balaban J connectivity index is 3.24. The zero-order chi connectivity index (χ0) is 16.7. The monoisotopic (exact) mass is 301 g/mol. The van der Waals surface area contributed by atoms with Gasteiger partial charge < -0.3 is 16.1 Å². The molecule has 0 unspecified atom stereocenters. The Bertz CT molecular complexity index is 613. The van der Waals surface area contributed by atoms with Crippen LogP contribution in [0.1, 0.15) is 44.7 Å². The fourth-order valence-electron chi connectivity index (χ4n) is 2.13. The van der Waals surface area contributed by atoms with E-state index in [2.05, 4.69) is 5.32 Å². The molecule has 4 heteroatoms. The predicted molar refractivity (Wildman–Crippen MR) is 92.4 cm³/mol. The summed E-state index contributed by atoms with van der Waals surface area (Å²) in [5, 5.41) is 18.3. The summed E-state index contributed by atoms with van der Waals surface area (Å²) in [6.07, 6.45) is 4.90. The summed E-state index contributed by atoms with van der Waals surface area (Å²) in [5.41, 5.74) is 3.83. The fraction of sp³-hybridized carbons (Fsp3) is 0.333. The van der Waals surface area contributed by atoms with Crippen molar-refractivity contribution < 1.29 is 4.39 Å². The smallest absolute Gasteiger partial charge is 0.123 e. The third kappa shape index (κ3) is 4.95. The number of halogens is 1. The summed E-state index contributed by atoms with van der Waals surface area (Å²) in [6, 6.07) is 4.72. The van der Waals surface area contributed by atoms with Gasteiger partial charge in [0, 0.05) is 29.7 Å². The lowest BCUT2D eigenvalue weighted by Crippen LogP contribution is -2.18. The Morgan fingerprint density at radius 2 is 2.05 bits per heavy atom. The summed E-state index contributed by atoms with van der Waals surface area (Å²) in [5.74, 6) is -0.0853. The van der Waals surface area contributed by atoms with E-state index in [4.69, 9.17) is 10.8 Å². The minimum Gasteiger partial charge on any atom is -0.380 e. The van der Waals surface area contributed by atoms with Crippen molar-refractivity contribution in [1.29, 1.82) is 10.8 Å². The van der Waals surface area contributed by atoms with Gasteiger partial charge in [0.25, 0.3) is 0 Å². The van der Waals surface area contributed by atoms with Crippen LogP contribution in [-0.4, -0.2) is 18.5 Å². The van der Waals surface area contributed by atoms with Crippen LogP contribution in [0, 0.1) is 16.6 Å². The third-order valence-corrected chi connectivity index (χ3v) is 3.33. The number of allylic oxidation sites excluding steroid dienone is 2. The van der Waals surface area contributed by atoms with Gasteiger partial charge in [-0.15, -0.1) is 0 Å². The molecule has 0 atom stereocenters. The van der Waals surface area contributed by atoms with E-state index < -0.39 is 0 Å². The van der Waals surface area contributed by atoms with E-state index in [1.54, 1.807) is 25.1 Å². The number of hydrogen-bond donors (Lipinski definition) is 3. The number of benzene rings is 1. The molecule has 0 radical (unpaired) electrons. The van der Waals surface area contributed by atoms with E-state index in [0.717, 1.165) is 22.4 Å². The average molecular weight is 301 g/mol. The Morgan fingerprint density at radius 1 is 1.36 bits per heavy atom. The molecule has 3 N–H and O–H groups in total. The lowest BCUT2D eigenvalue weighted by molar-refractivity contribution is 0.623. The molecule has 0 fully saturated rings. The molecular formula is C18H24FN3. The molecule has 1 rings (SSSR count). The lowest BCUT2D eigenvalue weighted by Gasteiger charge is -2.18. The van der Waals surface area contributed by atoms with Gasteiger partial charge in [-0.2, -0.15) is 0 Å². The lowest BCUT2D eigenvalue weighted by atomic mass is 9.94. The Hall–Kier alpha value is -2.23. The van der Waals surface area contributed by atoms with Crippen molar-refractivity contribution in [2.24, 2.45) is 0 Å². The maximum absolute atomic E-state index is 13.5. The third-order valence-electron chi connectivity index (χ3n) is 3.33. The van der Waals surface area contributed by atoms with Crippen molar-refractivity contribution in [2.75, 3.05) is 6.54 Å². The summed E-state index contributed by atoms with van der Waals surface area (Å²) >= 11 is 0. The Morgan fingerprint density at radius 3 is 2.55 bits per heavy atom. The molecule has 22 heavy (non-hydrogen) atoms. The molecule has 0 bridgehead atoms. The van der Waals surface area contributed by atoms with E-state index in [1.165, 1.54) is 12.3 Å². The van der Waals surface area contributed by atoms with Crippen LogP contribution in [0.15, 0.2) is 35.9 Å². The largest absolute Gasteiger partial charge is 0.380 e. The zero-order valence-corrected chi connectivity index (χ0v) is 13.6. The van der Waals surface area contributed by atoms with E-state index >= 15 is 0 Å². The van der Waals surface area contributed by atoms with Crippen molar-refractivity contribution in [3.8, 4) is 0 Å². The summed E-state index contributed by atoms with van der Waals surface area (Å²) < 4.78 is 13.5. The second-order valence-corrected chi connectivity index (χ2v) is 5.49. The van der Waals surface area contributed by atoms with Crippen molar-refractivity contribution in [2.45, 2.75) is 33.6 Å². The number of rotatable bonds is 7. The van der Waals surface area contributed by atoms with Gasteiger partial charge in [0.05, 0.1) is 0 Å². The first-order chi connectivity index (χ1) is 10.4. The van der Waals surface area contributed by atoms with E-state index in [-0.39, 0.29) is 11.7 Å². The molecular weight excluding hydrogens is 277 g/mol. The van der Waals surface area contributed by atoms with Crippen LogP contribution >= 0.6 is 0 Å². The van der Waals surface area contributed by atoms with Gasteiger partial charge in [0.15, 0.2) is 0 Å². The van der Waals surface area contributed by atoms with Crippen molar-refractivity contribution in [3.05, 3.63) is 52.9 Å². The predicted octanol–water partition coefficient (Wildman–Crippen LogP) is 4.52. The van der Waals surface area contributed by atoms with E-state index in [9.17, 15) is 4.39 Å². The number of hydrogen-bond acceptors (Lipinski definition) is 3. The second kappa shape index (κ2) is 8.27. The summed E-state index contributed by atoms with van der Waals surface area (Å²) in [7, 11) is 0. The molecule has 0 saturated heterocycles. The summed E-state index contributed by atoms with van der Waals surface area (Å²) in [6.45, 7) is 8.11. The molecule has 0 aliphatic carbocycles. The van der Waals surface area contributed by atoms with Crippen LogP contribution in [0.4, 0.5) is 4.39 Å². The minimum atomic E-state index is -0.257. The van der Waals surface area contributed by atoms with Gasteiger partial charge in [0.2, 0.25) is 0 Å². The van der Waals surface area contributed by atoms with Gasteiger partial charge in [-0.25, -0.2) is 4.39 Å². The molecule has 0 aromatic heterocycles. The van der Waals surface area contributed by atoms with Crippen molar-refractivity contribution >= 4 is 17.6 Å². The highest BCUT2D eigenvalue weighted by atomic mass is 19.1. The first kappa shape index (κ1) is 17.8. The highest BCUT2D eigenvalue weighted by Crippen LogP contribution is 2.25. The van der Waals surface area contributed by atoms with Crippen LogP contribution in [0.25, 0.3) is 5.70 Å². The Kier molecular flexibility index (Phi) is 6.70. The van der Waals surface area contributed by atoms with Crippen LogP contribution < -0.4 is 5.32 Å². The standard InChI is InChI=1S/C18H24FN3/c1-5-14(10-20)11-22-18(8-13(4)21)16-7-6-15(19)9-17(16)12(2)3/h5-10,12,20-22H,11H2,1-4H3/b14-5+,18-8-,20-10?,21-13?. The van der Waals surface area contributed by atoms with Crippen molar-refractivity contribution in [1.82, 2.24) is 5.32 Å². The van der Waals surface area contributed by atoms with Gasteiger partial charge in [-0.05, 0) is 55.2 Å². The van der Waals surface area contributed by atoms with E-state index in [1.807, 2.05) is 26.8 Å². The molecule has 118 valence electrons. The quantitative estimate of drug-likeness (QED) is 0.637. The first-order valence-corrected chi connectivity index (χ1v) is 7.35. The first-order valence-electron chi connectivity index (χ1n) is 7.35. The molecule has 1 aromatic carbocycles. The minimum absolute atomic E-state index is 0.172. The Labute approximate surface area is 132 Å². The molecule has 0 aliphatic heterocycles. The van der Waals surface area contributed by atoms with Gasteiger partial charge in [-0.1, -0.05) is 19.9 Å². The van der Waals surface area contributed by atoms with Gasteiger partial charge >= 0.3 is 0 Å². The average Bonchev–Trinajstić information content (AvgIpc) is 2.46. The van der Waals surface area contributed by atoms with E-state index in [0.29, 0.717) is 12.3 Å². The van der Waals surface area contributed by atoms with Crippen LogP contribution in [0.2, 0.25) is 0 Å². The molecule has 0 amide bonds. The molecule has 1 aromatic rings. The highest BCUT2D eigenvalue weighted by molar-refractivity contribution is 5.97. The fourth-order valence-corrected chi connectivity index (χ4v) is 2.13. The normalized spacial score (nSPS) is 12.5. The SMILES string of the molecule is C/C=C(\C=N)CN/C(=C\C(C)=N)c1ccc(F)cc1C(C)C. The molecule has 0 aliphatic rings.